The number of sulfonamides is 1. The highest BCUT2D eigenvalue weighted by molar-refractivity contribution is 8.13. The van der Waals surface area contributed by atoms with E-state index in [0.717, 1.165) is 38.3 Å². The summed E-state index contributed by atoms with van der Waals surface area (Å²) >= 11 is 1.39. The van der Waals surface area contributed by atoms with Crippen LogP contribution in [0.2, 0.25) is 0 Å². The van der Waals surface area contributed by atoms with Crippen molar-refractivity contribution >= 4 is 37.7 Å². The lowest BCUT2D eigenvalue weighted by molar-refractivity contribution is 0.178. The first-order valence-corrected chi connectivity index (χ1v) is 13.0. The zero-order valence-electron chi connectivity index (χ0n) is 17.9. The topological polar surface area (TPSA) is 53.0 Å². The van der Waals surface area contributed by atoms with Gasteiger partial charge in [0.1, 0.15) is 0 Å². The second kappa shape index (κ2) is 9.42. The van der Waals surface area contributed by atoms with E-state index in [0.29, 0.717) is 5.17 Å². The molecule has 1 heterocycles. The minimum absolute atomic E-state index is 0.235. The Morgan fingerprint density at radius 3 is 2.32 bits per heavy atom. The van der Waals surface area contributed by atoms with Crippen LogP contribution in [0.25, 0.3) is 10.8 Å². The van der Waals surface area contributed by atoms with Crippen molar-refractivity contribution in [2.75, 3.05) is 32.4 Å². The SMILES string of the molecule is CSC(=NS(=O)(=O)c1ccc(C)cc1)N1CCN(Cc2cccc3ccccc23)CC1. The van der Waals surface area contributed by atoms with Gasteiger partial charge >= 0.3 is 0 Å². The van der Waals surface area contributed by atoms with Gasteiger partial charge in [-0.15, -0.1) is 4.40 Å². The van der Waals surface area contributed by atoms with Crippen molar-refractivity contribution in [3.8, 4) is 0 Å². The highest BCUT2D eigenvalue weighted by atomic mass is 32.2. The van der Waals surface area contributed by atoms with Gasteiger partial charge in [-0.1, -0.05) is 71.9 Å². The maximum atomic E-state index is 12.7. The van der Waals surface area contributed by atoms with Crippen LogP contribution in [-0.4, -0.2) is 55.8 Å². The average Bonchev–Trinajstić information content (AvgIpc) is 2.79. The summed E-state index contributed by atoms with van der Waals surface area (Å²) in [5.41, 5.74) is 2.35. The predicted molar refractivity (Wildman–Crippen MR) is 130 cm³/mol. The van der Waals surface area contributed by atoms with Crippen LogP contribution in [-0.2, 0) is 16.6 Å². The van der Waals surface area contributed by atoms with E-state index < -0.39 is 10.0 Å². The van der Waals surface area contributed by atoms with Crippen molar-refractivity contribution in [1.82, 2.24) is 9.80 Å². The second-order valence-electron chi connectivity index (χ2n) is 7.77. The molecule has 1 fully saturated rings. The third kappa shape index (κ3) is 5.11. The molecule has 0 N–H and O–H groups in total. The fourth-order valence-corrected chi connectivity index (χ4v) is 5.80. The number of hydrogen-bond acceptors (Lipinski definition) is 4. The lowest BCUT2D eigenvalue weighted by atomic mass is 10.0. The maximum absolute atomic E-state index is 12.7. The lowest BCUT2D eigenvalue weighted by Gasteiger charge is -2.36. The molecule has 162 valence electrons. The summed E-state index contributed by atoms with van der Waals surface area (Å²) in [6.07, 6.45) is 1.88. The van der Waals surface area contributed by atoms with Crippen molar-refractivity contribution in [3.63, 3.8) is 0 Å². The van der Waals surface area contributed by atoms with E-state index in [9.17, 15) is 8.42 Å². The zero-order valence-corrected chi connectivity index (χ0v) is 19.5. The molecule has 5 nitrogen and oxygen atoms in total. The molecule has 1 aliphatic rings. The van der Waals surface area contributed by atoms with Gasteiger partial charge in [0.25, 0.3) is 10.0 Å². The van der Waals surface area contributed by atoms with E-state index in [1.165, 1.54) is 28.1 Å². The van der Waals surface area contributed by atoms with Crippen molar-refractivity contribution in [3.05, 3.63) is 77.9 Å². The summed E-state index contributed by atoms with van der Waals surface area (Å²) in [6, 6.07) is 21.8. The van der Waals surface area contributed by atoms with Crippen LogP contribution in [0.4, 0.5) is 0 Å². The quantitative estimate of drug-likeness (QED) is 0.434. The fourth-order valence-electron chi connectivity index (χ4n) is 3.86. The third-order valence-corrected chi connectivity index (χ3v) is 7.73. The smallest absolute Gasteiger partial charge is 0.284 e. The van der Waals surface area contributed by atoms with E-state index in [1.807, 2.05) is 13.2 Å². The van der Waals surface area contributed by atoms with E-state index in [4.69, 9.17) is 0 Å². The van der Waals surface area contributed by atoms with Gasteiger partial charge in [0.05, 0.1) is 4.90 Å². The number of hydrogen-bond donors (Lipinski definition) is 0. The highest BCUT2D eigenvalue weighted by Crippen LogP contribution is 2.22. The summed E-state index contributed by atoms with van der Waals surface area (Å²) in [6.45, 7) is 6.08. The summed E-state index contributed by atoms with van der Waals surface area (Å²) < 4.78 is 29.7. The Balaban J connectivity index is 1.44. The van der Waals surface area contributed by atoms with Gasteiger partial charge in [0, 0.05) is 32.7 Å². The second-order valence-corrected chi connectivity index (χ2v) is 10.1. The first-order valence-electron chi connectivity index (χ1n) is 10.4. The van der Waals surface area contributed by atoms with Gasteiger partial charge in [-0.05, 0) is 41.6 Å². The molecule has 0 aliphatic carbocycles. The normalized spacial score (nSPS) is 16.1. The molecule has 0 radical (unpaired) electrons. The number of fused-ring (bicyclic) bond motifs is 1. The van der Waals surface area contributed by atoms with Crippen molar-refractivity contribution in [2.24, 2.45) is 4.40 Å². The molecule has 0 aromatic heterocycles. The number of piperazine rings is 1. The van der Waals surface area contributed by atoms with Crippen LogP contribution in [0.1, 0.15) is 11.1 Å². The molecule has 7 heteroatoms. The Labute approximate surface area is 188 Å². The van der Waals surface area contributed by atoms with Crippen LogP contribution in [0.5, 0.6) is 0 Å². The standard InChI is InChI=1S/C24H27N3O2S2/c1-19-10-12-22(13-11-19)31(28,29)25-24(30-2)27-16-14-26(15-17-27)18-21-8-5-7-20-6-3-4-9-23(20)21/h3-13H,14-18H2,1-2H3. The Bertz CT molecular complexity index is 1180. The third-order valence-electron chi connectivity index (χ3n) is 5.62. The zero-order chi connectivity index (χ0) is 21.8. The van der Waals surface area contributed by atoms with Crippen molar-refractivity contribution in [1.29, 1.82) is 0 Å². The van der Waals surface area contributed by atoms with Gasteiger partial charge in [-0.3, -0.25) is 4.90 Å². The Kier molecular flexibility index (Phi) is 6.65. The largest absolute Gasteiger partial charge is 0.348 e. The number of rotatable bonds is 4. The molecule has 0 bridgehead atoms. The molecule has 1 aliphatic heterocycles. The fraction of sp³-hybridized carbons (Fsp3) is 0.292. The predicted octanol–water partition coefficient (Wildman–Crippen LogP) is 4.37. The first kappa shape index (κ1) is 21.9. The molecular weight excluding hydrogens is 426 g/mol. The molecule has 4 rings (SSSR count). The van der Waals surface area contributed by atoms with E-state index in [2.05, 4.69) is 56.7 Å². The van der Waals surface area contributed by atoms with Crippen LogP contribution in [0, 0.1) is 6.92 Å². The highest BCUT2D eigenvalue weighted by Gasteiger charge is 2.23. The summed E-state index contributed by atoms with van der Waals surface area (Å²) in [5, 5.41) is 3.12. The molecular formula is C24H27N3O2S2. The Morgan fingerprint density at radius 1 is 0.935 bits per heavy atom. The maximum Gasteiger partial charge on any atom is 0.284 e. The number of aryl methyl sites for hydroxylation is 1. The van der Waals surface area contributed by atoms with Gasteiger partial charge < -0.3 is 4.90 Å². The molecule has 3 aromatic carbocycles. The molecule has 0 saturated carbocycles. The molecule has 0 spiro atoms. The van der Waals surface area contributed by atoms with Crippen LogP contribution in [0.3, 0.4) is 0 Å². The van der Waals surface area contributed by atoms with Crippen molar-refractivity contribution < 1.29 is 8.42 Å². The molecule has 0 amide bonds. The van der Waals surface area contributed by atoms with Gasteiger partial charge in [-0.25, -0.2) is 0 Å². The Morgan fingerprint density at radius 2 is 1.61 bits per heavy atom. The van der Waals surface area contributed by atoms with Crippen LogP contribution in [0.15, 0.2) is 76.0 Å². The van der Waals surface area contributed by atoms with Gasteiger partial charge in [0.15, 0.2) is 5.17 Å². The minimum atomic E-state index is -3.71. The van der Waals surface area contributed by atoms with E-state index >= 15 is 0 Å². The summed E-state index contributed by atoms with van der Waals surface area (Å²) in [4.78, 5) is 4.74. The molecule has 0 unspecified atom stereocenters. The molecule has 3 aromatic rings. The monoisotopic (exact) mass is 453 g/mol. The van der Waals surface area contributed by atoms with Crippen molar-refractivity contribution in [2.45, 2.75) is 18.4 Å². The number of benzene rings is 3. The molecule has 0 atom stereocenters. The van der Waals surface area contributed by atoms with Crippen LogP contribution < -0.4 is 0 Å². The minimum Gasteiger partial charge on any atom is -0.348 e. The molecule has 1 saturated heterocycles. The van der Waals surface area contributed by atoms with E-state index in [1.54, 1.807) is 24.3 Å². The number of amidine groups is 1. The van der Waals surface area contributed by atoms with Gasteiger partial charge in [-0.2, -0.15) is 8.42 Å². The van der Waals surface area contributed by atoms with Gasteiger partial charge in [0.2, 0.25) is 0 Å². The van der Waals surface area contributed by atoms with Crippen LogP contribution >= 0.6 is 11.8 Å². The first-order chi connectivity index (χ1) is 15.0. The number of thioether (sulfide) groups is 1. The number of nitrogens with zero attached hydrogens (tertiary/aromatic N) is 3. The van der Waals surface area contributed by atoms with E-state index in [-0.39, 0.29) is 4.90 Å². The average molecular weight is 454 g/mol. The summed E-state index contributed by atoms with van der Waals surface area (Å²) in [5.74, 6) is 0. The lowest BCUT2D eigenvalue weighted by Crippen LogP contribution is -2.47. The molecule has 31 heavy (non-hydrogen) atoms. The summed E-state index contributed by atoms with van der Waals surface area (Å²) in [7, 11) is -3.71. The Hall–Kier alpha value is -2.35.